The highest BCUT2D eigenvalue weighted by Gasteiger charge is 2.10. The maximum absolute atomic E-state index is 5.80. The Labute approximate surface area is 134 Å². The molecule has 2 aliphatic heterocycles. The van der Waals surface area contributed by atoms with Crippen LogP contribution in [0.25, 0.3) is 0 Å². The van der Waals surface area contributed by atoms with Crippen LogP contribution in [-0.2, 0) is 4.74 Å². The molecular weight excluding hydrogens is 316 g/mol. The summed E-state index contributed by atoms with van der Waals surface area (Å²) in [6, 6.07) is 0. The van der Waals surface area contributed by atoms with Gasteiger partial charge in [-0.2, -0.15) is 0 Å². The Morgan fingerprint density at radius 1 is 0.632 bits per heavy atom. The summed E-state index contributed by atoms with van der Waals surface area (Å²) >= 11 is 8.19. The molecule has 0 unspecified atom stereocenters. The molecule has 2 rings (SSSR count). The minimum Gasteiger partial charge on any atom is -0.379 e. The third-order valence-electron chi connectivity index (χ3n) is 2.94. The van der Waals surface area contributed by atoms with E-state index in [4.69, 9.17) is 4.74 Å². The van der Waals surface area contributed by atoms with E-state index in [0.717, 1.165) is 26.3 Å². The van der Waals surface area contributed by atoms with Crippen LogP contribution in [-0.4, -0.2) is 82.6 Å². The van der Waals surface area contributed by atoms with Crippen molar-refractivity contribution in [1.82, 2.24) is 9.80 Å². The number of hydrogen-bond donors (Lipinski definition) is 0. The molecule has 2 fully saturated rings. The molecule has 19 heavy (non-hydrogen) atoms. The predicted octanol–water partition coefficient (Wildman–Crippen LogP) is 2.40. The number of rotatable bonds is 6. The van der Waals surface area contributed by atoms with E-state index in [1.165, 1.54) is 46.5 Å². The van der Waals surface area contributed by atoms with Crippen LogP contribution in [0.3, 0.4) is 0 Å². The lowest BCUT2D eigenvalue weighted by Gasteiger charge is -2.20. The zero-order chi connectivity index (χ0) is 13.2. The average molecular weight is 341 g/mol. The molecule has 3 nitrogen and oxygen atoms in total. The van der Waals surface area contributed by atoms with Gasteiger partial charge in [0.25, 0.3) is 0 Å². The van der Waals surface area contributed by atoms with Gasteiger partial charge in [-0.3, -0.25) is 9.80 Å². The van der Waals surface area contributed by atoms with Crippen molar-refractivity contribution in [2.75, 3.05) is 72.8 Å². The molecule has 2 aliphatic rings. The summed E-state index contributed by atoms with van der Waals surface area (Å²) in [6.07, 6.45) is 0. The fourth-order valence-corrected chi connectivity index (χ4v) is 6.38. The van der Waals surface area contributed by atoms with E-state index in [2.05, 4.69) is 9.80 Å². The van der Waals surface area contributed by atoms with Gasteiger partial charge >= 0.3 is 0 Å². The maximum atomic E-state index is 5.80. The molecule has 0 aromatic carbocycles. The van der Waals surface area contributed by atoms with Crippen LogP contribution >= 0.6 is 47.0 Å². The molecular formula is C12H24N2OS4. The predicted molar refractivity (Wildman–Crippen MR) is 93.5 cm³/mol. The molecule has 0 saturated carbocycles. The van der Waals surface area contributed by atoms with Crippen LogP contribution in [0, 0.1) is 0 Å². The van der Waals surface area contributed by atoms with Crippen LogP contribution in [0.1, 0.15) is 0 Å². The minimum atomic E-state index is 0.884. The normalized spacial score (nSPS) is 24.0. The monoisotopic (exact) mass is 340 g/mol. The van der Waals surface area contributed by atoms with Crippen LogP contribution in [0.4, 0.5) is 0 Å². The van der Waals surface area contributed by atoms with Gasteiger partial charge in [-0.15, -0.1) is 47.0 Å². The molecule has 0 spiro atoms. The Morgan fingerprint density at radius 2 is 1.00 bits per heavy atom. The second-order valence-corrected chi connectivity index (χ2v) is 8.85. The van der Waals surface area contributed by atoms with Crippen molar-refractivity contribution in [3.63, 3.8) is 0 Å². The van der Waals surface area contributed by atoms with Gasteiger partial charge < -0.3 is 4.74 Å². The lowest BCUT2D eigenvalue weighted by atomic mass is 10.6. The van der Waals surface area contributed by atoms with Crippen LogP contribution in [0.2, 0.25) is 0 Å². The van der Waals surface area contributed by atoms with E-state index in [1.807, 2.05) is 47.0 Å². The van der Waals surface area contributed by atoms with Crippen molar-refractivity contribution >= 4 is 47.0 Å². The molecule has 0 radical (unpaired) electrons. The second-order valence-electron chi connectivity index (χ2n) is 4.55. The number of nitrogens with zero attached hydrogens (tertiary/aromatic N) is 2. The summed E-state index contributed by atoms with van der Waals surface area (Å²) < 4.78 is 5.80. The van der Waals surface area contributed by atoms with E-state index < -0.39 is 0 Å². The molecule has 0 aromatic heterocycles. The Morgan fingerprint density at radius 3 is 1.37 bits per heavy atom. The molecule has 7 heteroatoms. The van der Waals surface area contributed by atoms with Crippen molar-refractivity contribution in [3.05, 3.63) is 0 Å². The first kappa shape index (κ1) is 16.6. The fraction of sp³-hybridized carbons (Fsp3) is 1.00. The zero-order valence-corrected chi connectivity index (χ0v) is 14.7. The van der Waals surface area contributed by atoms with Crippen molar-refractivity contribution < 1.29 is 4.74 Å². The minimum absolute atomic E-state index is 0.884. The molecule has 112 valence electrons. The molecule has 0 N–H and O–H groups in total. The van der Waals surface area contributed by atoms with Gasteiger partial charge in [-0.25, -0.2) is 0 Å². The van der Waals surface area contributed by atoms with Gasteiger partial charge in [0.05, 0.1) is 13.2 Å². The Hall–Kier alpha value is 1.28. The summed E-state index contributed by atoms with van der Waals surface area (Å²) in [4.78, 5) is 5.00. The molecule has 0 aromatic rings. The van der Waals surface area contributed by atoms with Gasteiger partial charge in [0, 0.05) is 59.6 Å². The summed E-state index contributed by atoms with van der Waals surface area (Å²) in [7, 11) is 0. The highest BCUT2D eigenvalue weighted by Crippen LogP contribution is 2.17. The van der Waals surface area contributed by atoms with E-state index >= 15 is 0 Å². The van der Waals surface area contributed by atoms with Crippen LogP contribution in [0.5, 0.6) is 0 Å². The van der Waals surface area contributed by atoms with E-state index in [9.17, 15) is 0 Å². The number of thioether (sulfide) groups is 4. The summed E-state index contributed by atoms with van der Waals surface area (Å²) in [5.41, 5.74) is 0. The van der Waals surface area contributed by atoms with Gasteiger partial charge in [-0.1, -0.05) is 0 Å². The van der Waals surface area contributed by atoms with E-state index in [1.54, 1.807) is 0 Å². The van der Waals surface area contributed by atoms with Gasteiger partial charge in [0.2, 0.25) is 0 Å². The average Bonchev–Trinajstić information content (AvgIpc) is 2.83. The topological polar surface area (TPSA) is 15.7 Å². The van der Waals surface area contributed by atoms with Crippen LogP contribution < -0.4 is 0 Å². The SMILES string of the molecule is C(CN1CSCCSC1)OCCN1CSCCSC1. The quantitative estimate of drug-likeness (QED) is 0.681. The molecule has 0 amide bonds. The Balaban J connectivity index is 1.46. The lowest BCUT2D eigenvalue weighted by molar-refractivity contribution is 0.0995. The van der Waals surface area contributed by atoms with Crippen molar-refractivity contribution in [2.24, 2.45) is 0 Å². The third kappa shape index (κ3) is 7.74. The molecule has 0 aliphatic carbocycles. The van der Waals surface area contributed by atoms with Gasteiger partial charge in [0.15, 0.2) is 0 Å². The first-order valence-corrected chi connectivity index (χ1v) is 11.4. The van der Waals surface area contributed by atoms with Crippen molar-refractivity contribution in [3.8, 4) is 0 Å². The summed E-state index contributed by atoms with van der Waals surface area (Å²) in [5, 5.41) is 0. The number of ether oxygens (including phenoxy) is 1. The smallest absolute Gasteiger partial charge is 0.0594 e. The first-order valence-electron chi connectivity index (χ1n) is 6.78. The summed E-state index contributed by atoms with van der Waals surface area (Å²) in [5.74, 6) is 9.90. The van der Waals surface area contributed by atoms with E-state index in [0.29, 0.717) is 0 Å². The fourth-order valence-electron chi connectivity index (χ4n) is 1.83. The standard InChI is InChI=1S/C12H24N2OS4/c1(13-9-16-5-6-17-10-13)3-15-4-2-14-11-18-7-8-19-12-14/h1-12H2. The van der Waals surface area contributed by atoms with Crippen molar-refractivity contribution in [2.45, 2.75) is 0 Å². The summed E-state index contributed by atoms with van der Waals surface area (Å²) in [6.45, 7) is 3.94. The first-order chi connectivity index (χ1) is 9.45. The molecule has 2 saturated heterocycles. The maximum Gasteiger partial charge on any atom is 0.0594 e. The lowest BCUT2D eigenvalue weighted by Crippen LogP contribution is -2.29. The molecule has 0 bridgehead atoms. The third-order valence-corrected chi connectivity index (χ3v) is 7.62. The van der Waals surface area contributed by atoms with Crippen LogP contribution in [0.15, 0.2) is 0 Å². The highest BCUT2D eigenvalue weighted by molar-refractivity contribution is 8.03. The van der Waals surface area contributed by atoms with Crippen molar-refractivity contribution in [1.29, 1.82) is 0 Å². The molecule has 2 heterocycles. The Kier molecular flexibility index (Phi) is 9.58. The largest absolute Gasteiger partial charge is 0.379 e. The second kappa shape index (κ2) is 10.9. The van der Waals surface area contributed by atoms with Gasteiger partial charge in [-0.05, 0) is 0 Å². The molecule has 0 atom stereocenters. The number of hydrogen-bond acceptors (Lipinski definition) is 7. The highest BCUT2D eigenvalue weighted by atomic mass is 32.2. The Bertz CT molecular complexity index is 198. The van der Waals surface area contributed by atoms with Gasteiger partial charge in [0.1, 0.15) is 0 Å². The van der Waals surface area contributed by atoms with E-state index in [-0.39, 0.29) is 0 Å². The zero-order valence-electron chi connectivity index (χ0n) is 11.4.